The Morgan fingerprint density at radius 2 is 1.46 bits per heavy atom. The van der Waals surface area contributed by atoms with Crippen molar-refractivity contribution in [3.63, 3.8) is 0 Å². The molecule has 0 aromatic heterocycles. The van der Waals surface area contributed by atoms with Gasteiger partial charge in [0.1, 0.15) is 0 Å². The number of hydrogen-bond acceptors (Lipinski definition) is 0. The third kappa shape index (κ3) is 2.44. The first kappa shape index (κ1) is 18.8. The van der Waals surface area contributed by atoms with Crippen LogP contribution in [0.1, 0.15) is 112 Å². The second kappa shape index (κ2) is 6.62. The summed E-state index contributed by atoms with van der Waals surface area (Å²) in [5.41, 5.74) is 2.04. The van der Waals surface area contributed by atoms with E-state index >= 15 is 0 Å². The van der Waals surface area contributed by atoms with Crippen LogP contribution in [0.2, 0.25) is 0 Å². The van der Waals surface area contributed by atoms with Crippen molar-refractivity contribution in [2.45, 2.75) is 112 Å². The Balaban J connectivity index is 0.000000815. The van der Waals surface area contributed by atoms with Crippen LogP contribution < -0.4 is 0 Å². The van der Waals surface area contributed by atoms with Crippen LogP contribution in [0, 0.1) is 39.9 Å². The lowest BCUT2D eigenvalue weighted by Gasteiger charge is -2.64. The van der Waals surface area contributed by atoms with Gasteiger partial charge in [-0.15, -0.1) is 0 Å². The summed E-state index contributed by atoms with van der Waals surface area (Å²) in [4.78, 5) is 0. The quantitative estimate of drug-likeness (QED) is 0.458. The van der Waals surface area contributed by atoms with Gasteiger partial charge in [-0.1, -0.05) is 60.8 Å². The van der Waals surface area contributed by atoms with E-state index in [2.05, 4.69) is 27.7 Å². The van der Waals surface area contributed by atoms with Gasteiger partial charge < -0.3 is 0 Å². The summed E-state index contributed by atoms with van der Waals surface area (Å²) in [6, 6.07) is 0. The van der Waals surface area contributed by atoms with Crippen LogP contribution in [0.4, 0.5) is 0 Å². The number of hydrogen-bond donors (Lipinski definition) is 0. The zero-order valence-corrected chi connectivity index (χ0v) is 17.6. The predicted octanol–water partition coefficient (Wildman–Crippen LogP) is 7.86. The maximum absolute atomic E-state index is 2.72. The van der Waals surface area contributed by atoms with Gasteiger partial charge in [-0.25, -0.2) is 0 Å². The van der Waals surface area contributed by atoms with Crippen molar-refractivity contribution in [1.29, 1.82) is 0 Å². The van der Waals surface area contributed by atoms with Crippen molar-refractivity contribution in [3.8, 4) is 0 Å². The molecule has 0 bridgehead atoms. The summed E-state index contributed by atoms with van der Waals surface area (Å²) < 4.78 is 0. The fourth-order valence-corrected chi connectivity index (χ4v) is 8.38. The predicted molar refractivity (Wildman–Crippen MR) is 106 cm³/mol. The molecule has 0 N–H and O–H groups in total. The molecule has 0 nitrogen and oxygen atoms in total. The van der Waals surface area contributed by atoms with E-state index in [-0.39, 0.29) is 0 Å². The molecule has 0 radical (unpaired) electrons. The Morgan fingerprint density at radius 1 is 0.750 bits per heavy atom. The highest BCUT2D eigenvalue weighted by atomic mass is 14.7. The van der Waals surface area contributed by atoms with Crippen molar-refractivity contribution < 1.29 is 0 Å². The maximum atomic E-state index is 2.72. The highest BCUT2D eigenvalue weighted by Crippen LogP contribution is 2.70. The Hall–Kier alpha value is 0. The Bertz CT molecular complexity index is 439. The summed E-state index contributed by atoms with van der Waals surface area (Å²) >= 11 is 0. The van der Waals surface area contributed by atoms with Gasteiger partial charge in [0, 0.05) is 0 Å². The van der Waals surface area contributed by atoms with Gasteiger partial charge in [0.05, 0.1) is 0 Å². The first-order chi connectivity index (χ1) is 11.4. The van der Waals surface area contributed by atoms with E-state index in [0.717, 1.165) is 23.7 Å². The second-order valence-electron chi connectivity index (χ2n) is 10.3. The topological polar surface area (TPSA) is 0 Å². The number of rotatable bonds is 1. The van der Waals surface area contributed by atoms with Gasteiger partial charge in [0.25, 0.3) is 0 Å². The van der Waals surface area contributed by atoms with Crippen molar-refractivity contribution in [3.05, 3.63) is 0 Å². The molecule has 0 heteroatoms. The fourth-order valence-electron chi connectivity index (χ4n) is 8.38. The molecule has 4 aliphatic carbocycles. The average Bonchev–Trinajstić information content (AvgIpc) is 2.93. The van der Waals surface area contributed by atoms with Crippen molar-refractivity contribution in [2.24, 2.45) is 39.9 Å². The standard InChI is InChI=1S/C22H38.C2H6/c1-5-16-8-9-18-17-10-14-20(2)12-6-7-13-22(20,4)19(17)11-15-21(16,18)3;1-2/h16-19H,5-15H2,1-4H3;1-2H3. The van der Waals surface area contributed by atoms with Gasteiger partial charge in [-0.2, -0.15) is 0 Å². The van der Waals surface area contributed by atoms with Crippen molar-refractivity contribution in [1.82, 2.24) is 0 Å². The monoisotopic (exact) mass is 332 g/mol. The summed E-state index contributed by atoms with van der Waals surface area (Å²) in [7, 11) is 0. The molecule has 7 unspecified atom stereocenters. The van der Waals surface area contributed by atoms with E-state index in [9.17, 15) is 0 Å². The molecular formula is C24H44. The van der Waals surface area contributed by atoms with Crippen LogP contribution >= 0.6 is 0 Å². The molecule has 7 atom stereocenters. The van der Waals surface area contributed by atoms with Crippen LogP contribution in [0.25, 0.3) is 0 Å². The molecule has 140 valence electrons. The first-order valence-electron chi connectivity index (χ1n) is 11.4. The van der Waals surface area contributed by atoms with E-state index in [4.69, 9.17) is 0 Å². The molecule has 24 heavy (non-hydrogen) atoms. The molecule has 0 aliphatic heterocycles. The number of fused-ring (bicyclic) bond motifs is 5. The molecule has 0 heterocycles. The third-order valence-electron chi connectivity index (χ3n) is 10.0. The lowest BCUT2D eigenvalue weighted by Crippen LogP contribution is -2.56. The highest BCUT2D eigenvalue weighted by molar-refractivity contribution is 5.11. The lowest BCUT2D eigenvalue weighted by atomic mass is 9.40. The van der Waals surface area contributed by atoms with Gasteiger partial charge in [-0.05, 0) is 91.3 Å². The van der Waals surface area contributed by atoms with E-state index in [1.165, 1.54) is 44.9 Å². The van der Waals surface area contributed by atoms with E-state index in [0.29, 0.717) is 16.2 Å². The van der Waals surface area contributed by atoms with Crippen LogP contribution in [-0.2, 0) is 0 Å². The van der Waals surface area contributed by atoms with Crippen LogP contribution in [0.5, 0.6) is 0 Å². The van der Waals surface area contributed by atoms with Gasteiger partial charge in [-0.3, -0.25) is 0 Å². The van der Waals surface area contributed by atoms with Gasteiger partial charge >= 0.3 is 0 Å². The zero-order valence-electron chi connectivity index (χ0n) is 17.6. The molecule has 0 amide bonds. The Morgan fingerprint density at radius 3 is 2.17 bits per heavy atom. The second-order valence-corrected chi connectivity index (χ2v) is 10.3. The van der Waals surface area contributed by atoms with E-state index in [1.54, 1.807) is 25.7 Å². The smallest absolute Gasteiger partial charge is 0.0241 e. The molecule has 0 aromatic carbocycles. The van der Waals surface area contributed by atoms with Gasteiger partial charge in [0.2, 0.25) is 0 Å². The first-order valence-corrected chi connectivity index (χ1v) is 11.4. The lowest BCUT2D eigenvalue weighted by molar-refractivity contribution is -0.152. The summed E-state index contributed by atoms with van der Waals surface area (Å²) in [5.74, 6) is 4.23. The Kier molecular flexibility index (Phi) is 5.18. The fraction of sp³-hybridized carbons (Fsp3) is 1.00. The normalized spacial score (nSPS) is 53.2. The van der Waals surface area contributed by atoms with Crippen LogP contribution in [0.15, 0.2) is 0 Å². The molecule has 0 aromatic rings. The van der Waals surface area contributed by atoms with E-state index in [1.807, 2.05) is 13.8 Å². The average molecular weight is 333 g/mol. The molecule has 0 saturated heterocycles. The Labute approximate surface area is 152 Å². The molecule has 4 aliphatic rings. The van der Waals surface area contributed by atoms with Crippen LogP contribution in [0.3, 0.4) is 0 Å². The minimum absolute atomic E-state index is 0.666. The summed E-state index contributed by atoms with van der Waals surface area (Å²) in [5, 5.41) is 0. The zero-order chi connectivity index (χ0) is 17.6. The molecule has 4 saturated carbocycles. The largest absolute Gasteiger partial charge is 0.0683 e. The summed E-state index contributed by atoms with van der Waals surface area (Å²) in [6.07, 6.45) is 16.8. The van der Waals surface area contributed by atoms with Gasteiger partial charge in [0.15, 0.2) is 0 Å². The molecule has 4 rings (SSSR count). The highest BCUT2D eigenvalue weighted by Gasteiger charge is 2.62. The molecular weight excluding hydrogens is 288 g/mol. The molecule has 4 fully saturated rings. The third-order valence-corrected chi connectivity index (χ3v) is 10.0. The maximum Gasteiger partial charge on any atom is -0.0241 e. The van der Waals surface area contributed by atoms with Crippen molar-refractivity contribution in [2.75, 3.05) is 0 Å². The van der Waals surface area contributed by atoms with E-state index < -0.39 is 0 Å². The van der Waals surface area contributed by atoms with Crippen LogP contribution in [-0.4, -0.2) is 0 Å². The minimum atomic E-state index is 0.666. The van der Waals surface area contributed by atoms with Crippen molar-refractivity contribution >= 4 is 0 Å². The molecule has 0 spiro atoms. The summed E-state index contributed by atoms with van der Waals surface area (Å²) in [6.45, 7) is 14.5. The SMILES string of the molecule is CC.CCC1CCC2C3CCC4(C)CCCCC4(C)C3CCC12C. The minimum Gasteiger partial charge on any atom is -0.0683 e.